The predicted octanol–water partition coefficient (Wildman–Crippen LogP) is 3.97. The van der Waals surface area contributed by atoms with Crippen LogP contribution in [0, 0.1) is 5.92 Å². The van der Waals surface area contributed by atoms with E-state index in [0.717, 1.165) is 5.56 Å². The lowest BCUT2D eigenvalue weighted by Gasteiger charge is -2.37. The molecule has 1 fully saturated rings. The van der Waals surface area contributed by atoms with Gasteiger partial charge in [0.05, 0.1) is 12.2 Å². The second-order valence-corrected chi connectivity index (χ2v) is 7.57. The van der Waals surface area contributed by atoms with Gasteiger partial charge in [-0.05, 0) is 50.8 Å². The van der Waals surface area contributed by atoms with Gasteiger partial charge in [0.15, 0.2) is 0 Å². The van der Waals surface area contributed by atoms with E-state index in [4.69, 9.17) is 14.2 Å². The molecule has 25 heavy (non-hydrogen) atoms. The highest BCUT2D eigenvalue weighted by molar-refractivity contribution is 5.31. The van der Waals surface area contributed by atoms with Crippen molar-refractivity contribution in [2.24, 2.45) is 5.92 Å². The highest BCUT2D eigenvalue weighted by Gasteiger charge is 2.45. The first kappa shape index (κ1) is 18.6. The number of benzene rings is 1. The topological polar surface area (TPSA) is 43.0 Å². The third-order valence-electron chi connectivity index (χ3n) is 5.75. The molecule has 1 aliphatic heterocycles. The molecule has 0 bridgehead atoms. The average molecular weight is 345 g/mol. The van der Waals surface area contributed by atoms with Crippen LogP contribution in [-0.2, 0) is 20.8 Å². The maximum absolute atomic E-state index is 6.44. The Balaban J connectivity index is 1.76. The minimum absolute atomic E-state index is 0.0579. The number of methoxy groups -OCH3 is 1. The summed E-state index contributed by atoms with van der Waals surface area (Å²) in [5, 5.41) is 3.15. The molecule has 0 spiro atoms. The molecule has 1 aromatic carbocycles. The Kier molecular flexibility index (Phi) is 5.64. The summed E-state index contributed by atoms with van der Waals surface area (Å²) in [6.07, 6.45) is 4.71. The fourth-order valence-electron chi connectivity index (χ4n) is 3.82. The highest BCUT2D eigenvalue weighted by Crippen LogP contribution is 2.38. The van der Waals surface area contributed by atoms with Gasteiger partial charge in [-0.2, -0.15) is 0 Å². The fourth-order valence-corrected chi connectivity index (χ4v) is 3.82. The van der Waals surface area contributed by atoms with E-state index in [1.807, 2.05) is 7.05 Å². The van der Waals surface area contributed by atoms with Crippen molar-refractivity contribution in [2.45, 2.75) is 64.3 Å². The molecule has 0 saturated carbocycles. The fraction of sp³-hybridized carbons (Fsp3) is 0.619. The molecule has 0 aromatic heterocycles. The Morgan fingerprint density at radius 1 is 1.36 bits per heavy atom. The van der Waals surface area contributed by atoms with Crippen LogP contribution in [0.3, 0.4) is 0 Å². The summed E-state index contributed by atoms with van der Waals surface area (Å²) < 4.78 is 17.9. The summed E-state index contributed by atoms with van der Waals surface area (Å²) in [4.78, 5) is 0. The van der Waals surface area contributed by atoms with Crippen molar-refractivity contribution >= 4 is 0 Å². The smallest absolute Gasteiger partial charge is 0.138 e. The molecule has 0 amide bonds. The second kappa shape index (κ2) is 7.58. The van der Waals surface area contributed by atoms with Crippen LogP contribution in [-0.4, -0.2) is 32.1 Å². The molecule has 1 aromatic rings. The molecule has 4 nitrogen and oxygen atoms in total. The largest absolute Gasteiger partial charge is 0.374 e. The summed E-state index contributed by atoms with van der Waals surface area (Å²) in [5.41, 5.74) is 3.54. The number of rotatable bonds is 7. The molecule has 4 heteroatoms. The van der Waals surface area contributed by atoms with Crippen LogP contribution in [0.1, 0.15) is 50.8 Å². The summed E-state index contributed by atoms with van der Waals surface area (Å²) in [6, 6.07) is 8.36. The van der Waals surface area contributed by atoms with Gasteiger partial charge in [0, 0.05) is 7.11 Å². The predicted molar refractivity (Wildman–Crippen MR) is 99.3 cm³/mol. The van der Waals surface area contributed by atoms with Crippen LogP contribution in [0.15, 0.2) is 35.9 Å². The first-order chi connectivity index (χ1) is 12.0. The van der Waals surface area contributed by atoms with Crippen LogP contribution >= 0.6 is 0 Å². The molecule has 1 N–H and O–H groups in total. The van der Waals surface area contributed by atoms with Crippen molar-refractivity contribution in [3.63, 3.8) is 0 Å². The van der Waals surface area contributed by atoms with Gasteiger partial charge in [0.2, 0.25) is 0 Å². The number of ether oxygens (including phenoxy) is 3. The Hall–Kier alpha value is -1.20. The number of epoxide rings is 1. The molecule has 1 heterocycles. The minimum atomic E-state index is -0.207. The summed E-state index contributed by atoms with van der Waals surface area (Å²) in [6.45, 7) is 7.27. The van der Waals surface area contributed by atoms with Crippen LogP contribution < -0.4 is 5.32 Å². The third kappa shape index (κ3) is 3.98. The van der Waals surface area contributed by atoms with Gasteiger partial charge in [-0.1, -0.05) is 42.8 Å². The monoisotopic (exact) mass is 345 g/mol. The first-order valence-electron chi connectivity index (χ1n) is 9.24. The van der Waals surface area contributed by atoms with Crippen molar-refractivity contribution < 1.29 is 14.2 Å². The molecular weight excluding hydrogens is 314 g/mol. The van der Waals surface area contributed by atoms with E-state index in [-0.39, 0.29) is 24.0 Å². The van der Waals surface area contributed by atoms with Crippen LogP contribution in [0.2, 0.25) is 0 Å². The molecule has 1 aliphatic carbocycles. The van der Waals surface area contributed by atoms with E-state index < -0.39 is 0 Å². The van der Waals surface area contributed by atoms with Crippen molar-refractivity contribution in [1.29, 1.82) is 0 Å². The standard InChI is InChI=1S/C21H31NO3/c1-14-10-11-15(2)21(3,12-14)24-13-16-8-6-7-9-17(16)18(23-5)19-20(22-4)25-19/h6-9,12,15,18-20,22H,10-11,13H2,1-5H3. The molecule has 5 unspecified atom stereocenters. The van der Waals surface area contributed by atoms with E-state index in [1.165, 1.54) is 24.0 Å². The number of likely N-dealkylation sites (N-methyl/N-ethyl adjacent to an activating group) is 1. The van der Waals surface area contributed by atoms with Gasteiger partial charge in [0.25, 0.3) is 0 Å². The van der Waals surface area contributed by atoms with Gasteiger partial charge < -0.3 is 14.2 Å². The lowest BCUT2D eigenvalue weighted by Crippen LogP contribution is -2.37. The molecule has 138 valence electrons. The van der Waals surface area contributed by atoms with Crippen molar-refractivity contribution in [1.82, 2.24) is 5.32 Å². The Bertz CT molecular complexity index is 629. The number of hydrogen-bond donors (Lipinski definition) is 1. The Labute approximate surface area is 151 Å². The van der Waals surface area contributed by atoms with Crippen molar-refractivity contribution in [3.8, 4) is 0 Å². The molecule has 3 rings (SSSR count). The number of allylic oxidation sites excluding steroid dienone is 1. The van der Waals surface area contributed by atoms with Gasteiger partial charge in [-0.3, -0.25) is 5.32 Å². The summed E-state index contributed by atoms with van der Waals surface area (Å²) in [7, 11) is 3.65. The molecular formula is C21H31NO3. The van der Waals surface area contributed by atoms with Gasteiger partial charge >= 0.3 is 0 Å². The molecule has 1 saturated heterocycles. The van der Waals surface area contributed by atoms with E-state index in [2.05, 4.69) is 56.4 Å². The summed E-state index contributed by atoms with van der Waals surface area (Å²) in [5.74, 6) is 0.516. The minimum Gasteiger partial charge on any atom is -0.374 e. The Morgan fingerprint density at radius 2 is 2.12 bits per heavy atom. The maximum Gasteiger partial charge on any atom is 0.138 e. The van der Waals surface area contributed by atoms with Crippen molar-refractivity contribution in [2.75, 3.05) is 14.2 Å². The number of hydrogen-bond acceptors (Lipinski definition) is 4. The average Bonchev–Trinajstić information content (AvgIpc) is 3.38. The molecule has 5 atom stereocenters. The Morgan fingerprint density at radius 3 is 2.80 bits per heavy atom. The van der Waals surface area contributed by atoms with Crippen LogP contribution in [0.25, 0.3) is 0 Å². The third-order valence-corrected chi connectivity index (χ3v) is 5.75. The maximum atomic E-state index is 6.44. The number of nitrogens with one attached hydrogen (secondary N) is 1. The van der Waals surface area contributed by atoms with Crippen molar-refractivity contribution in [3.05, 3.63) is 47.0 Å². The molecule has 0 radical (unpaired) electrons. The lowest BCUT2D eigenvalue weighted by atomic mass is 9.79. The van der Waals surface area contributed by atoms with E-state index in [0.29, 0.717) is 12.5 Å². The van der Waals surface area contributed by atoms with E-state index in [1.54, 1.807) is 7.11 Å². The van der Waals surface area contributed by atoms with E-state index in [9.17, 15) is 0 Å². The van der Waals surface area contributed by atoms with Gasteiger partial charge in [-0.15, -0.1) is 0 Å². The van der Waals surface area contributed by atoms with E-state index >= 15 is 0 Å². The highest BCUT2D eigenvalue weighted by atomic mass is 16.6. The van der Waals surface area contributed by atoms with Gasteiger partial charge in [-0.25, -0.2) is 0 Å². The lowest BCUT2D eigenvalue weighted by molar-refractivity contribution is -0.0509. The zero-order valence-corrected chi connectivity index (χ0v) is 16.0. The zero-order chi connectivity index (χ0) is 18.0. The SMILES string of the molecule is CNC1OC1C(OC)c1ccccc1COC1(C)C=C(C)CCC1C. The van der Waals surface area contributed by atoms with Crippen LogP contribution in [0.4, 0.5) is 0 Å². The quantitative estimate of drug-likeness (QED) is 0.600. The summed E-state index contributed by atoms with van der Waals surface area (Å²) >= 11 is 0. The second-order valence-electron chi connectivity index (χ2n) is 7.57. The van der Waals surface area contributed by atoms with Crippen LogP contribution in [0.5, 0.6) is 0 Å². The molecule has 2 aliphatic rings. The normalized spacial score (nSPS) is 33.0. The first-order valence-corrected chi connectivity index (χ1v) is 9.24. The zero-order valence-electron chi connectivity index (χ0n) is 16.0. The van der Waals surface area contributed by atoms with Gasteiger partial charge in [0.1, 0.15) is 18.4 Å².